The number of rotatable bonds is 2. The molecule has 0 radical (unpaired) electrons. The number of benzene rings is 2. The Morgan fingerprint density at radius 1 is 0.958 bits per heavy atom. The van der Waals surface area contributed by atoms with E-state index in [1.165, 1.54) is 0 Å². The zero-order valence-electron chi connectivity index (χ0n) is 13.3. The molecule has 1 amide bonds. The molecule has 0 atom stereocenters. The van der Waals surface area contributed by atoms with Gasteiger partial charge in [-0.15, -0.1) is 0 Å². The van der Waals surface area contributed by atoms with E-state index < -0.39 is 0 Å². The Hall–Kier alpha value is -3.38. The summed E-state index contributed by atoms with van der Waals surface area (Å²) >= 11 is 0. The number of aromatic nitrogens is 1. The number of nitrogens with one attached hydrogen (secondary N) is 1. The predicted octanol–water partition coefficient (Wildman–Crippen LogP) is 4.04. The molecule has 24 heavy (non-hydrogen) atoms. The molecule has 1 heterocycles. The van der Waals surface area contributed by atoms with Crippen LogP contribution in [-0.2, 0) is 0 Å². The van der Waals surface area contributed by atoms with Crippen LogP contribution in [0.25, 0.3) is 0 Å². The average molecular weight is 312 g/mol. The third-order valence-electron chi connectivity index (χ3n) is 3.51. The van der Waals surface area contributed by atoms with Gasteiger partial charge in [-0.3, -0.25) is 4.79 Å². The lowest BCUT2D eigenvalue weighted by molar-refractivity contribution is 0.102. The molecule has 3 heteroatoms. The van der Waals surface area contributed by atoms with Crippen molar-refractivity contribution in [2.24, 2.45) is 0 Å². The zero-order valence-corrected chi connectivity index (χ0v) is 13.3. The highest BCUT2D eigenvalue weighted by atomic mass is 16.1. The lowest BCUT2D eigenvalue weighted by atomic mass is 10.1. The van der Waals surface area contributed by atoms with Crippen molar-refractivity contribution in [1.82, 2.24) is 4.98 Å². The molecule has 0 aliphatic rings. The molecule has 0 saturated carbocycles. The normalized spacial score (nSPS) is 9.71. The fourth-order valence-corrected chi connectivity index (χ4v) is 2.27. The fourth-order valence-electron chi connectivity index (χ4n) is 2.27. The van der Waals surface area contributed by atoms with E-state index in [2.05, 4.69) is 22.1 Å². The van der Waals surface area contributed by atoms with Gasteiger partial charge in [0, 0.05) is 23.0 Å². The summed E-state index contributed by atoms with van der Waals surface area (Å²) < 4.78 is 0. The Morgan fingerprint density at radius 3 is 2.58 bits per heavy atom. The minimum absolute atomic E-state index is 0.122. The van der Waals surface area contributed by atoms with E-state index in [9.17, 15) is 4.79 Å². The SMILES string of the molecule is Cc1ccccc1C(=O)Nc1cccc(C#Cc2ccccn2)c1. The first-order valence-corrected chi connectivity index (χ1v) is 7.62. The van der Waals surface area contributed by atoms with Crippen LogP contribution in [0.3, 0.4) is 0 Å². The molecule has 0 unspecified atom stereocenters. The van der Waals surface area contributed by atoms with Crippen LogP contribution < -0.4 is 5.32 Å². The zero-order chi connectivity index (χ0) is 16.8. The molecule has 0 spiro atoms. The minimum atomic E-state index is -0.122. The third kappa shape index (κ3) is 3.88. The third-order valence-corrected chi connectivity index (χ3v) is 3.51. The lowest BCUT2D eigenvalue weighted by Crippen LogP contribution is -2.13. The van der Waals surface area contributed by atoms with Crippen LogP contribution in [0.1, 0.15) is 27.2 Å². The second-order valence-corrected chi connectivity index (χ2v) is 5.31. The van der Waals surface area contributed by atoms with Crippen molar-refractivity contribution in [2.45, 2.75) is 6.92 Å². The first-order valence-electron chi connectivity index (χ1n) is 7.62. The number of hydrogen-bond donors (Lipinski definition) is 1. The van der Waals surface area contributed by atoms with Gasteiger partial charge in [-0.2, -0.15) is 0 Å². The minimum Gasteiger partial charge on any atom is -0.322 e. The molecule has 116 valence electrons. The highest BCUT2D eigenvalue weighted by Gasteiger charge is 2.08. The average Bonchev–Trinajstić information content (AvgIpc) is 2.61. The second kappa shape index (κ2) is 7.26. The standard InChI is InChI=1S/C21H16N2O/c1-16-7-2-3-11-20(16)21(24)23-19-10-6-8-17(15-19)12-13-18-9-4-5-14-22-18/h2-11,14-15H,1H3,(H,23,24). The number of carbonyl (C=O) groups excluding carboxylic acids is 1. The summed E-state index contributed by atoms with van der Waals surface area (Å²) in [5.74, 6) is 5.95. The van der Waals surface area contributed by atoms with Gasteiger partial charge in [0.1, 0.15) is 5.69 Å². The number of nitrogens with zero attached hydrogens (tertiary/aromatic N) is 1. The van der Waals surface area contributed by atoms with Gasteiger partial charge in [0.25, 0.3) is 5.91 Å². The van der Waals surface area contributed by atoms with Crippen molar-refractivity contribution >= 4 is 11.6 Å². The van der Waals surface area contributed by atoms with E-state index in [1.807, 2.05) is 73.7 Å². The van der Waals surface area contributed by atoms with E-state index in [1.54, 1.807) is 6.20 Å². The van der Waals surface area contributed by atoms with Gasteiger partial charge in [0.2, 0.25) is 0 Å². The van der Waals surface area contributed by atoms with Gasteiger partial charge in [-0.1, -0.05) is 36.3 Å². The van der Waals surface area contributed by atoms with Crippen molar-refractivity contribution in [3.8, 4) is 11.8 Å². The first-order chi connectivity index (χ1) is 11.7. The fraction of sp³-hybridized carbons (Fsp3) is 0.0476. The summed E-state index contributed by atoms with van der Waals surface area (Å²) in [6.07, 6.45) is 1.71. The van der Waals surface area contributed by atoms with Gasteiger partial charge < -0.3 is 5.32 Å². The Labute approximate surface area is 141 Å². The van der Waals surface area contributed by atoms with E-state index in [-0.39, 0.29) is 5.91 Å². The van der Waals surface area contributed by atoms with Crippen LogP contribution in [0.4, 0.5) is 5.69 Å². The maximum Gasteiger partial charge on any atom is 0.255 e. The van der Waals surface area contributed by atoms with Crippen LogP contribution in [0.2, 0.25) is 0 Å². The van der Waals surface area contributed by atoms with Gasteiger partial charge in [-0.05, 0) is 54.8 Å². The largest absolute Gasteiger partial charge is 0.322 e. The molecule has 0 saturated heterocycles. The second-order valence-electron chi connectivity index (χ2n) is 5.31. The van der Waals surface area contributed by atoms with Gasteiger partial charge in [0.05, 0.1) is 0 Å². The van der Waals surface area contributed by atoms with Crippen molar-refractivity contribution < 1.29 is 4.79 Å². The van der Waals surface area contributed by atoms with Crippen LogP contribution in [0.5, 0.6) is 0 Å². The Kier molecular flexibility index (Phi) is 4.69. The Morgan fingerprint density at radius 2 is 1.79 bits per heavy atom. The number of hydrogen-bond acceptors (Lipinski definition) is 2. The molecular formula is C21H16N2O. The van der Waals surface area contributed by atoms with E-state index >= 15 is 0 Å². The lowest BCUT2D eigenvalue weighted by Gasteiger charge is -2.07. The summed E-state index contributed by atoms with van der Waals surface area (Å²) in [5, 5.41) is 2.92. The maximum absolute atomic E-state index is 12.4. The quantitative estimate of drug-likeness (QED) is 0.726. The predicted molar refractivity (Wildman–Crippen MR) is 95.8 cm³/mol. The highest BCUT2D eigenvalue weighted by Crippen LogP contribution is 2.14. The van der Waals surface area contributed by atoms with E-state index in [4.69, 9.17) is 0 Å². The Bertz CT molecular complexity index is 921. The molecule has 3 nitrogen and oxygen atoms in total. The van der Waals surface area contributed by atoms with E-state index in [0.29, 0.717) is 11.3 Å². The van der Waals surface area contributed by atoms with E-state index in [0.717, 1.165) is 16.8 Å². The van der Waals surface area contributed by atoms with Crippen molar-refractivity contribution in [1.29, 1.82) is 0 Å². The first kappa shape index (κ1) is 15.5. The molecular weight excluding hydrogens is 296 g/mol. The molecule has 1 N–H and O–H groups in total. The van der Waals surface area contributed by atoms with Crippen LogP contribution in [0, 0.1) is 18.8 Å². The van der Waals surface area contributed by atoms with Crippen LogP contribution in [0.15, 0.2) is 72.9 Å². The van der Waals surface area contributed by atoms with Gasteiger partial charge in [0.15, 0.2) is 0 Å². The van der Waals surface area contributed by atoms with Gasteiger partial charge >= 0.3 is 0 Å². The number of amides is 1. The number of carbonyl (C=O) groups is 1. The van der Waals surface area contributed by atoms with Crippen molar-refractivity contribution in [3.05, 3.63) is 95.3 Å². The topological polar surface area (TPSA) is 42.0 Å². The van der Waals surface area contributed by atoms with Crippen LogP contribution in [-0.4, -0.2) is 10.9 Å². The smallest absolute Gasteiger partial charge is 0.255 e. The highest BCUT2D eigenvalue weighted by molar-refractivity contribution is 6.05. The number of anilines is 1. The monoisotopic (exact) mass is 312 g/mol. The molecule has 0 aliphatic heterocycles. The molecule has 1 aromatic heterocycles. The molecule has 3 rings (SSSR count). The van der Waals surface area contributed by atoms with Crippen molar-refractivity contribution in [3.63, 3.8) is 0 Å². The summed E-state index contributed by atoms with van der Waals surface area (Å²) in [7, 11) is 0. The number of pyridine rings is 1. The number of aryl methyl sites for hydroxylation is 1. The van der Waals surface area contributed by atoms with Crippen LogP contribution >= 0.6 is 0 Å². The summed E-state index contributed by atoms with van der Waals surface area (Å²) in [6.45, 7) is 1.92. The summed E-state index contributed by atoms with van der Waals surface area (Å²) in [6, 6.07) is 20.6. The summed E-state index contributed by atoms with van der Waals surface area (Å²) in [4.78, 5) is 16.5. The summed E-state index contributed by atoms with van der Waals surface area (Å²) in [5.41, 5.74) is 3.87. The Balaban J connectivity index is 1.78. The van der Waals surface area contributed by atoms with Gasteiger partial charge in [-0.25, -0.2) is 4.98 Å². The molecule has 0 fully saturated rings. The molecule has 0 aliphatic carbocycles. The molecule has 3 aromatic rings. The molecule has 0 bridgehead atoms. The maximum atomic E-state index is 12.4. The molecule has 2 aromatic carbocycles. The van der Waals surface area contributed by atoms with Crippen molar-refractivity contribution in [2.75, 3.05) is 5.32 Å².